The third-order valence-corrected chi connectivity index (χ3v) is 15.6. The maximum Gasteiger partial charge on any atom is 0.306 e. The fraction of sp³-hybridized carbons (Fsp3) is 0.938. The quantitative estimate of drug-likeness (QED) is 0.0370. The van der Waals surface area contributed by atoms with Crippen LogP contribution in [0.2, 0.25) is 0 Å². The van der Waals surface area contributed by atoms with Crippen LogP contribution in [0.5, 0.6) is 0 Å². The fourth-order valence-electron chi connectivity index (χ4n) is 10.8. The minimum Gasteiger partial charge on any atom is -0.462 e. The van der Waals surface area contributed by atoms with Crippen molar-refractivity contribution < 1.29 is 14.1 Å². The number of unbranched alkanes of at least 4 members (excludes halogenated alkanes) is 33. The molecule has 0 aliphatic carbocycles. The van der Waals surface area contributed by atoms with Gasteiger partial charge in [0, 0.05) is 6.42 Å². The molecule has 1 heterocycles. The van der Waals surface area contributed by atoms with E-state index in [-0.39, 0.29) is 12.1 Å². The van der Waals surface area contributed by atoms with E-state index < -0.39 is 0 Å². The van der Waals surface area contributed by atoms with Crippen LogP contribution in [0, 0.1) is 17.8 Å². The fourth-order valence-corrected chi connectivity index (χ4v) is 10.8. The zero-order chi connectivity index (χ0) is 49.2. The SMILES string of the molecule is CCCCCCCCCCCCCCCCCCC(CCCCCCCCCCCCCCCCCC)CCCCC(CCC(C)CCCC(C)C)OC(=O)CCCC[n+]1ccn(CCCC)c1. The van der Waals surface area contributed by atoms with Gasteiger partial charge in [0.15, 0.2) is 0 Å². The Bertz CT molecular complexity index is 1110. The first kappa shape index (κ1) is 64.7. The minimum atomic E-state index is 0.0397. The van der Waals surface area contributed by atoms with E-state index in [1.165, 1.54) is 276 Å². The van der Waals surface area contributed by atoms with Gasteiger partial charge in [-0.15, -0.1) is 0 Å². The maximum atomic E-state index is 13.2. The van der Waals surface area contributed by atoms with Crippen LogP contribution in [0.15, 0.2) is 18.7 Å². The summed E-state index contributed by atoms with van der Waals surface area (Å²) in [7, 11) is 0. The van der Waals surface area contributed by atoms with Crippen LogP contribution < -0.4 is 4.57 Å². The molecule has 4 nitrogen and oxygen atoms in total. The van der Waals surface area contributed by atoms with Gasteiger partial charge < -0.3 is 4.74 Å². The van der Waals surface area contributed by atoms with Crippen LogP contribution in [0.3, 0.4) is 0 Å². The lowest BCUT2D eigenvalue weighted by atomic mass is 9.89. The molecule has 0 saturated carbocycles. The predicted molar refractivity (Wildman–Crippen MR) is 301 cm³/mol. The van der Waals surface area contributed by atoms with Crippen molar-refractivity contribution in [2.45, 2.75) is 369 Å². The summed E-state index contributed by atoms with van der Waals surface area (Å²) < 4.78 is 10.9. The molecule has 0 amide bonds. The highest BCUT2D eigenvalue weighted by Gasteiger charge is 2.18. The van der Waals surface area contributed by atoms with E-state index in [0.29, 0.717) is 12.3 Å². The monoisotopic (exact) mass is 954 g/mol. The van der Waals surface area contributed by atoms with Crippen LogP contribution in [0.25, 0.3) is 0 Å². The maximum absolute atomic E-state index is 13.2. The second-order valence-electron chi connectivity index (χ2n) is 23.2. The highest BCUT2D eigenvalue weighted by Crippen LogP contribution is 2.27. The number of imidazole rings is 1. The molecule has 0 bridgehead atoms. The summed E-state index contributed by atoms with van der Waals surface area (Å²) in [5.74, 6) is 2.42. The van der Waals surface area contributed by atoms with Crippen molar-refractivity contribution in [3.05, 3.63) is 18.7 Å². The van der Waals surface area contributed by atoms with Gasteiger partial charge >= 0.3 is 5.97 Å². The summed E-state index contributed by atoms with van der Waals surface area (Å²) >= 11 is 0. The third-order valence-electron chi connectivity index (χ3n) is 15.6. The Morgan fingerprint density at radius 1 is 0.426 bits per heavy atom. The zero-order valence-electron chi connectivity index (χ0n) is 47.6. The van der Waals surface area contributed by atoms with Crippen molar-refractivity contribution in [3.63, 3.8) is 0 Å². The van der Waals surface area contributed by atoms with Gasteiger partial charge in [0.25, 0.3) is 0 Å². The Hall–Kier alpha value is -1.32. The normalized spacial score (nSPS) is 12.8. The molecule has 0 aliphatic rings. The smallest absolute Gasteiger partial charge is 0.306 e. The molecule has 68 heavy (non-hydrogen) atoms. The number of aryl methyl sites for hydroxylation is 2. The summed E-state index contributed by atoms with van der Waals surface area (Å²) in [4.78, 5) is 13.2. The molecule has 0 spiro atoms. The van der Waals surface area contributed by atoms with E-state index in [9.17, 15) is 4.79 Å². The van der Waals surface area contributed by atoms with Gasteiger partial charge in [0.2, 0.25) is 6.33 Å². The molecule has 1 aromatic heterocycles. The van der Waals surface area contributed by atoms with Gasteiger partial charge in [0.1, 0.15) is 18.5 Å². The highest BCUT2D eigenvalue weighted by molar-refractivity contribution is 5.69. The minimum absolute atomic E-state index is 0.0397. The highest BCUT2D eigenvalue weighted by atomic mass is 16.5. The van der Waals surface area contributed by atoms with E-state index in [1.54, 1.807) is 0 Å². The average Bonchev–Trinajstić information content (AvgIpc) is 3.79. The predicted octanol–water partition coefficient (Wildman–Crippen LogP) is 21.4. The van der Waals surface area contributed by atoms with Crippen molar-refractivity contribution in [2.75, 3.05) is 0 Å². The van der Waals surface area contributed by atoms with Crippen LogP contribution in [-0.2, 0) is 22.6 Å². The van der Waals surface area contributed by atoms with Gasteiger partial charge in [-0.2, -0.15) is 0 Å². The number of carbonyl (C=O) groups is 1. The molecule has 4 heteroatoms. The van der Waals surface area contributed by atoms with E-state index >= 15 is 0 Å². The summed E-state index contributed by atoms with van der Waals surface area (Å²) in [5, 5.41) is 0. The first-order chi connectivity index (χ1) is 33.4. The average molecular weight is 955 g/mol. The Morgan fingerprint density at radius 2 is 0.838 bits per heavy atom. The van der Waals surface area contributed by atoms with Crippen LogP contribution in [-0.4, -0.2) is 16.6 Å². The van der Waals surface area contributed by atoms with E-state index in [2.05, 4.69) is 69.4 Å². The molecule has 0 aromatic carbocycles. The standard InChI is InChI=1S/C64H125N2O2/c1-7-10-13-15-17-19-21-23-25-27-29-31-33-35-37-39-48-62(49-40-38-36-34-32-30-28-26-24-22-20-18-16-14-11-8-2)50-41-42-51-63(54-53-61(6)47-45-46-60(4)5)68-64(67)52-43-44-56-66-58-57-65(59-66)55-12-9-3/h57-63H,7-56H2,1-6H3/q+1. The summed E-state index contributed by atoms with van der Waals surface area (Å²) in [6, 6.07) is 0. The molecular formula is C64H125N2O2+. The summed E-state index contributed by atoms with van der Waals surface area (Å²) in [6.45, 7) is 16.1. The van der Waals surface area contributed by atoms with Crippen molar-refractivity contribution in [3.8, 4) is 0 Å². The largest absolute Gasteiger partial charge is 0.462 e. The number of ether oxygens (including phenoxy) is 1. The lowest BCUT2D eigenvalue weighted by Crippen LogP contribution is -2.31. The molecule has 0 N–H and O–H groups in total. The van der Waals surface area contributed by atoms with Crippen molar-refractivity contribution in [2.24, 2.45) is 17.8 Å². The second kappa shape index (κ2) is 50.6. The number of esters is 1. The number of nitrogens with zero attached hydrogens (tertiary/aromatic N) is 2. The number of rotatable bonds is 55. The number of aromatic nitrogens is 2. The topological polar surface area (TPSA) is 35.1 Å². The van der Waals surface area contributed by atoms with Crippen LogP contribution in [0.1, 0.15) is 350 Å². The van der Waals surface area contributed by atoms with Gasteiger partial charge in [-0.3, -0.25) is 4.79 Å². The van der Waals surface area contributed by atoms with Crippen molar-refractivity contribution in [1.29, 1.82) is 0 Å². The van der Waals surface area contributed by atoms with E-state index in [0.717, 1.165) is 50.6 Å². The molecule has 2 unspecified atom stereocenters. The Balaban J connectivity index is 2.51. The molecule has 0 radical (unpaired) electrons. The van der Waals surface area contributed by atoms with E-state index in [1.807, 2.05) is 0 Å². The first-order valence-corrected chi connectivity index (χ1v) is 31.6. The van der Waals surface area contributed by atoms with Gasteiger partial charge in [-0.05, 0) is 62.7 Å². The number of hydrogen-bond donors (Lipinski definition) is 0. The number of hydrogen-bond acceptors (Lipinski definition) is 2. The Morgan fingerprint density at radius 3 is 1.28 bits per heavy atom. The summed E-state index contributed by atoms with van der Waals surface area (Å²) in [5.41, 5.74) is 0. The third kappa shape index (κ3) is 44.6. The van der Waals surface area contributed by atoms with Crippen molar-refractivity contribution in [1.82, 2.24) is 4.57 Å². The Labute approximate surface area is 428 Å². The first-order valence-electron chi connectivity index (χ1n) is 31.6. The number of carbonyl (C=O) groups excluding carboxylic acids is 1. The second-order valence-corrected chi connectivity index (χ2v) is 23.2. The molecule has 1 aromatic rings. The lowest BCUT2D eigenvalue weighted by molar-refractivity contribution is -0.696. The molecule has 402 valence electrons. The van der Waals surface area contributed by atoms with Gasteiger partial charge in [-0.1, -0.05) is 298 Å². The van der Waals surface area contributed by atoms with Gasteiger partial charge in [0.05, 0.1) is 13.1 Å². The molecular weight excluding hydrogens is 829 g/mol. The molecule has 0 fully saturated rings. The molecule has 0 aliphatic heterocycles. The van der Waals surface area contributed by atoms with Crippen LogP contribution >= 0.6 is 0 Å². The lowest BCUT2D eigenvalue weighted by Gasteiger charge is -2.21. The van der Waals surface area contributed by atoms with Crippen LogP contribution in [0.4, 0.5) is 0 Å². The molecule has 0 saturated heterocycles. The van der Waals surface area contributed by atoms with Crippen molar-refractivity contribution >= 4 is 5.97 Å². The Kier molecular flexibility index (Phi) is 48.2. The molecule has 2 atom stereocenters. The summed E-state index contributed by atoms with van der Waals surface area (Å²) in [6.07, 6.45) is 71.9. The van der Waals surface area contributed by atoms with Gasteiger partial charge in [-0.25, -0.2) is 9.13 Å². The molecule has 1 rings (SSSR count). The van der Waals surface area contributed by atoms with E-state index in [4.69, 9.17) is 4.74 Å². The zero-order valence-corrected chi connectivity index (χ0v) is 47.6.